The normalized spacial score (nSPS) is 10.5. The zero-order valence-corrected chi connectivity index (χ0v) is 16.3. The zero-order chi connectivity index (χ0) is 18.8. The number of nitrogens with zero attached hydrogens (tertiary/aromatic N) is 1. The maximum absolute atomic E-state index is 11.9. The van der Waals surface area contributed by atoms with E-state index in [-0.39, 0.29) is 24.0 Å². The molecule has 0 aromatic rings. The van der Waals surface area contributed by atoms with E-state index in [9.17, 15) is 14.4 Å². The van der Waals surface area contributed by atoms with E-state index in [4.69, 9.17) is 0 Å². The lowest BCUT2D eigenvalue weighted by Gasteiger charge is -2.18. The highest BCUT2D eigenvalue weighted by atomic mass is 16.2. The fraction of sp³-hybridized carbons (Fsp3) is 0.824. The molecule has 0 spiro atoms. The number of Topliss-reactive ketones (excluding diaryl/α,β-unsaturated/α-hetero) is 1. The SMILES string of the molecule is CC.CC.CCCC(=O)NC(CC(C)=O)C(=O)NCCN(C)C. The number of ketones is 1. The minimum Gasteiger partial charge on any atom is -0.353 e. The molecule has 0 fully saturated rings. The van der Waals surface area contributed by atoms with Gasteiger partial charge in [0.25, 0.3) is 0 Å². The van der Waals surface area contributed by atoms with Crippen LogP contribution in [0, 0.1) is 0 Å². The van der Waals surface area contributed by atoms with Crippen LogP contribution in [0.5, 0.6) is 0 Å². The summed E-state index contributed by atoms with van der Waals surface area (Å²) in [7, 11) is 3.81. The number of likely N-dealkylation sites (N-methyl/N-ethyl adjacent to an activating group) is 1. The average Bonchev–Trinajstić information content (AvgIpc) is 2.50. The molecule has 0 radical (unpaired) electrons. The number of hydrogen-bond acceptors (Lipinski definition) is 4. The van der Waals surface area contributed by atoms with Crippen LogP contribution in [0.1, 0.15) is 60.8 Å². The van der Waals surface area contributed by atoms with E-state index < -0.39 is 6.04 Å². The summed E-state index contributed by atoms with van der Waals surface area (Å²) < 4.78 is 0. The van der Waals surface area contributed by atoms with Gasteiger partial charge in [-0.3, -0.25) is 14.4 Å². The highest BCUT2D eigenvalue weighted by Gasteiger charge is 2.21. The smallest absolute Gasteiger partial charge is 0.243 e. The number of carbonyl (C=O) groups excluding carboxylic acids is 3. The number of hydrogen-bond donors (Lipinski definition) is 2. The maximum Gasteiger partial charge on any atom is 0.243 e. The molecule has 0 saturated carbocycles. The number of carbonyl (C=O) groups is 3. The van der Waals surface area contributed by atoms with E-state index in [1.807, 2.05) is 53.6 Å². The fourth-order valence-electron chi connectivity index (χ4n) is 1.52. The van der Waals surface area contributed by atoms with Crippen LogP contribution in [-0.2, 0) is 14.4 Å². The monoisotopic (exact) mass is 331 g/mol. The van der Waals surface area contributed by atoms with Crippen LogP contribution in [-0.4, -0.2) is 55.7 Å². The van der Waals surface area contributed by atoms with E-state index in [0.717, 1.165) is 0 Å². The molecule has 0 rings (SSSR count). The van der Waals surface area contributed by atoms with Gasteiger partial charge in [-0.1, -0.05) is 34.6 Å². The Morgan fingerprint density at radius 2 is 1.57 bits per heavy atom. The zero-order valence-electron chi connectivity index (χ0n) is 16.3. The van der Waals surface area contributed by atoms with Crippen molar-refractivity contribution < 1.29 is 14.4 Å². The van der Waals surface area contributed by atoms with Crippen molar-refractivity contribution in [1.82, 2.24) is 15.5 Å². The predicted octanol–water partition coefficient (Wildman–Crippen LogP) is 1.98. The van der Waals surface area contributed by atoms with Crippen molar-refractivity contribution in [1.29, 1.82) is 0 Å². The molecule has 2 amide bonds. The third-order valence-corrected chi connectivity index (χ3v) is 2.48. The van der Waals surface area contributed by atoms with Gasteiger partial charge in [0.05, 0.1) is 0 Å². The topological polar surface area (TPSA) is 78.5 Å². The van der Waals surface area contributed by atoms with Crippen molar-refractivity contribution in [3.8, 4) is 0 Å². The van der Waals surface area contributed by atoms with E-state index in [2.05, 4.69) is 10.6 Å². The molecular weight excluding hydrogens is 294 g/mol. The summed E-state index contributed by atoms with van der Waals surface area (Å²) in [6.07, 6.45) is 1.10. The first-order chi connectivity index (χ1) is 10.9. The van der Waals surface area contributed by atoms with Crippen molar-refractivity contribution in [2.45, 2.75) is 66.8 Å². The number of rotatable bonds is 9. The molecule has 0 aromatic carbocycles. The molecule has 6 heteroatoms. The molecule has 0 aliphatic carbocycles. The van der Waals surface area contributed by atoms with Gasteiger partial charge in [-0.25, -0.2) is 0 Å². The molecule has 6 nitrogen and oxygen atoms in total. The fourth-order valence-corrected chi connectivity index (χ4v) is 1.52. The lowest BCUT2D eigenvalue weighted by atomic mass is 10.1. The maximum atomic E-state index is 11.9. The second-order valence-electron chi connectivity index (χ2n) is 4.87. The molecular formula is C17H37N3O3. The first-order valence-corrected chi connectivity index (χ1v) is 8.58. The first-order valence-electron chi connectivity index (χ1n) is 8.58. The quantitative estimate of drug-likeness (QED) is 0.677. The van der Waals surface area contributed by atoms with Crippen LogP contribution in [0.25, 0.3) is 0 Å². The summed E-state index contributed by atoms with van der Waals surface area (Å²) in [6, 6.07) is -0.765. The van der Waals surface area contributed by atoms with Gasteiger partial charge in [-0.15, -0.1) is 0 Å². The van der Waals surface area contributed by atoms with Gasteiger partial charge in [0.15, 0.2) is 0 Å². The van der Waals surface area contributed by atoms with Crippen LogP contribution < -0.4 is 10.6 Å². The van der Waals surface area contributed by atoms with E-state index >= 15 is 0 Å². The molecule has 0 aliphatic rings. The lowest BCUT2D eigenvalue weighted by molar-refractivity contribution is -0.131. The summed E-state index contributed by atoms with van der Waals surface area (Å²) >= 11 is 0. The minimum absolute atomic E-state index is 0.0310. The molecule has 0 saturated heterocycles. The van der Waals surface area contributed by atoms with Crippen molar-refractivity contribution in [2.75, 3.05) is 27.2 Å². The molecule has 0 heterocycles. The Kier molecular flexibility index (Phi) is 21.4. The van der Waals surface area contributed by atoms with Gasteiger partial charge >= 0.3 is 0 Å². The van der Waals surface area contributed by atoms with Crippen molar-refractivity contribution in [2.24, 2.45) is 0 Å². The van der Waals surface area contributed by atoms with Crippen LogP contribution in [0.15, 0.2) is 0 Å². The summed E-state index contributed by atoms with van der Waals surface area (Å²) in [5.74, 6) is -0.623. The second kappa shape index (κ2) is 18.6. The van der Waals surface area contributed by atoms with Gasteiger partial charge in [0, 0.05) is 25.9 Å². The van der Waals surface area contributed by atoms with E-state index in [1.165, 1.54) is 6.92 Å². The van der Waals surface area contributed by atoms with Gasteiger partial charge in [-0.05, 0) is 27.4 Å². The highest BCUT2D eigenvalue weighted by Crippen LogP contribution is 1.97. The number of nitrogens with one attached hydrogen (secondary N) is 2. The molecule has 2 N–H and O–H groups in total. The third kappa shape index (κ3) is 18.5. The van der Waals surface area contributed by atoms with E-state index in [0.29, 0.717) is 25.9 Å². The van der Waals surface area contributed by atoms with Crippen LogP contribution >= 0.6 is 0 Å². The Balaban J connectivity index is -0.000000919. The summed E-state index contributed by atoms with van der Waals surface area (Å²) in [5, 5.41) is 5.32. The van der Waals surface area contributed by atoms with Crippen LogP contribution in [0.2, 0.25) is 0 Å². The van der Waals surface area contributed by atoms with Crippen LogP contribution in [0.3, 0.4) is 0 Å². The molecule has 1 atom stereocenters. The Bertz CT molecular complexity index is 318. The molecule has 1 unspecified atom stereocenters. The lowest BCUT2D eigenvalue weighted by Crippen LogP contribution is -2.48. The van der Waals surface area contributed by atoms with Gasteiger partial charge in [0.2, 0.25) is 11.8 Å². The third-order valence-electron chi connectivity index (χ3n) is 2.48. The first kappa shape index (κ1) is 26.5. The molecule has 0 aliphatic heterocycles. The Hall–Kier alpha value is -1.43. The van der Waals surface area contributed by atoms with Crippen LogP contribution in [0.4, 0.5) is 0 Å². The van der Waals surface area contributed by atoms with Gasteiger partial charge in [-0.2, -0.15) is 0 Å². The predicted molar refractivity (Wildman–Crippen MR) is 96.4 cm³/mol. The minimum atomic E-state index is -0.765. The molecule has 23 heavy (non-hydrogen) atoms. The second-order valence-corrected chi connectivity index (χ2v) is 4.87. The Labute approximate surface area is 142 Å². The summed E-state index contributed by atoms with van der Waals surface area (Å²) in [6.45, 7) is 12.5. The van der Waals surface area contributed by atoms with E-state index in [1.54, 1.807) is 0 Å². The largest absolute Gasteiger partial charge is 0.353 e. The summed E-state index contributed by atoms with van der Waals surface area (Å²) in [5.41, 5.74) is 0. The molecule has 138 valence electrons. The Morgan fingerprint density at radius 1 is 1.04 bits per heavy atom. The standard InChI is InChI=1S/C13H25N3O3.2C2H6/c1-5-6-12(18)15-11(9-10(2)17)13(19)14-7-8-16(3)4;2*1-2/h11H,5-9H2,1-4H3,(H,14,19)(H,15,18);2*1-2H3. The highest BCUT2D eigenvalue weighted by molar-refractivity contribution is 5.91. The summed E-state index contributed by atoms with van der Waals surface area (Å²) in [4.78, 5) is 36.5. The number of amides is 2. The Morgan fingerprint density at radius 3 is 1.96 bits per heavy atom. The molecule has 0 aromatic heterocycles. The van der Waals surface area contributed by atoms with Crippen molar-refractivity contribution >= 4 is 17.6 Å². The van der Waals surface area contributed by atoms with Gasteiger partial charge < -0.3 is 15.5 Å². The average molecular weight is 332 g/mol. The van der Waals surface area contributed by atoms with Crippen molar-refractivity contribution in [3.63, 3.8) is 0 Å². The van der Waals surface area contributed by atoms with Gasteiger partial charge in [0.1, 0.15) is 11.8 Å². The van der Waals surface area contributed by atoms with Crippen molar-refractivity contribution in [3.05, 3.63) is 0 Å². The molecule has 0 bridgehead atoms.